The van der Waals surface area contributed by atoms with Crippen molar-refractivity contribution >= 4 is 11.7 Å². The number of methoxy groups -OCH3 is 1. The fourth-order valence-corrected chi connectivity index (χ4v) is 1.21. The second-order valence-corrected chi connectivity index (χ2v) is 3.34. The lowest BCUT2D eigenvalue weighted by Gasteiger charge is -2.02. The minimum Gasteiger partial charge on any atom is -0.497 e. The van der Waals surface area contributed by atoms with Crippen molar-refractivity contribution in [3.05, 3.63) is 48.7 Å². The molecule has 4 heteroatoms. The molecule has 0 saturated carbocycles. The van der Waals surface area contributed by atoms with Crippen LogP contribution >= 0.6 is 0 Å². The highest BCUT2D eigenvalue weighted by molar-refractivity contribution is 5.82. The monoisotopic (exact) mass is 247 g/mol. The predicted molar refractivity (Wildman–Crippen MR) is 71.5 cm³/mol. The Morgan fingerprint density at radius 2 is 2.00 bits per heavy atom. The Morgan fingerprint density at radius 3 is 2.61 bits per heavy atom. The van der Waals surface area contributed by atoms with E-state index >= 15 is 0 Å². The lowest BCUT2D eigenvalue weighted by molar-refractivity contribution is -0.137. The molecule has 0 heterocycles. The van der Waals surface area contributed by atoms with E-state index in [1.165, 1.54) is 6.08 Å². The normalized spacial score (nSPS) is 10.8. The zero-order chi connectivity index (χ0) is 13.2. The Morgan fingerprint density at radius 1 is 1.28 bits per heavy atom. The molecule has 0 bridgehead atoms. The van der Waals surface area contributed by atoms with Crippen molar-refractivity contribution in [3.63, 3.8) is 0 Å². The number of carbonyl (C=O) groups excluding carboxylic acids is 1. The van der Waals surface area contributed by atoms with Crippen molar-refractivity contribution in [1.29, 1.82) is 0 Å². The molecular weight excluding hydrogens is 230 g/mol. The molecule has 0 spiro atoms. The van der Waals surface area contributed by atoms with Crippen LogP contribution in [0.2, 0.25) is 0 Å². The number of hydrogen-bond acceptors (Lipinski definition) is 4. The van der Waals surface area contributed by atoms with E-state index in [2.05, 4.69) is 5.32 Å². The van der Waals surface area contributed by atoms with Gasteiger partial charge in [-0.25, -0.2) is 4.79 Å². The van der Waals surface area contributed by atoms with Gasteiger partial charge in [0.05, 0.1) is 13.7 Å². The Bertz CT molecular complexity index is 421. The van der Waals surface area contributed by atoms with Gasteiger partial charge in [0.2, 0.25) is 0 Å². The standard InChI is InChI=1S/C14H17NO3/c1-3-18-14(16)6-4-5-11-15-12-7-9-13(17-2)10-8-12/h4-11,15H,3H2,1-2H3/b6-4-,11-5+. The summed E-state index contributed by atoms with van der Waals surface area (Å²) in [5.74, 6) is 0.471. The highest BCUT2D eigenvalue weighted by Gasteiger charge is 1.91. The number of rotatable bonds is 6. The van der Waals surface area contributed by atoms with Gasteiger partial charge >= 0.3 is 5.97 Å². The summed E-state index contributed by atoms with van der Waals surface area (Å²) in [5.41, 5.74) is 0.941. The lowest BCUT2D eigenvalue weighted by Crippen LogP contribution is -1.98. The molecule has 1 N–H and O–H groups in total. The largest absolute Gasteiger partial charge is 0.497 e. The minimum atomic E-state index is -0.341. The third kappa shape index (κ3) is 5.21. The maximum absolute atomic E-state index is 11.0. The fourth-order valence-electron chi connectivity index (χ4n) is 1.21. The number of benzene rings is 1. The van der Waals surface area contributed by atoms with Crippen LogP contribution in [0.25, 0.3) is 0 Å². The van der Waals surface area contributed by atoms with Crippen LogP contribution in [-0.4, -0.2) is 19.7 Å². The first kappa shape index (κ1) is 13.8. The molecule has 0 aromatic heterocycles. The molecule has 0 fully saturated rings. The first-order valence-electron chi connectivity index (χ1n) is 5.67. The first-order valence-corrected chi connectivity index (χ1v) is 5.67. The van der Waals surface area contributed by atoms with Crippen LogP contribution in [0.5, 0.6) is 5.75 Å². The van der Waals surface area contributed by atoms with Gasteiger partial charge in [-0.2, -0.15) is 0 Å². The van der Waals surface area contributed by atoms with E-state index in [0.717, 1.165) is 11.4 Å². The van der Waals surface area contributed by atoms with Gasteiger partial charge in [-0.15, -0.1) is 0 Å². The molecule has 0 saturated heterocycles. The quantitative estimate of drug-likeness (QED) is 0.477. The van der Waals surface area contributed by atoms with Crippen LogP contribution in [-0.2, 0) is 9.53 Å². The van der Waals surface area contributed by atoms with Crippen LogP contribution in [0, 0.1) is 0 Å². The molecule has 0 aliphatic carbocycles. The fraction of sp³-hybridized carbons (Fsp3) is 0.214. The summed E-state index contributed by atoms with van der Waals surface area (Å²) in [6, 6.07) is 7.53. The number of anilines is 1. The third-order valence-corrected chi connectivity index (χ3v) is 2.07. The second kappa shape index (κ2) is 7.95. The van der Waals surface area contributed by atoms with Gasteiger partial charge < -0.3 is 14.8 Å². The maximum Gasteiger partial charge on any atom is 0.330 e. The van der Waals surface area contributed by atoms with Crippen LogP contribution in [0.1, 0.15) is 6.92 Å². The van der Waals surface area contributed by atoms with E-state index in [1.807, 2.05) is 24.3 Å². The number of carbonyl (C=O) groups is 1. The molecule has 4 nitrogen and oxygen atoms in total. The summed E-state index contributed by atoms with van der Waals surface area (Å²) in [6.07, 6.45) is 6.45. The molecule has 0 radical (unpaired) electrons. The summed E-state index contributed by atoms with van der Waals surface area (Å²) in [6.45, 7) is 2.16. The number of esters is 1. The molecule has 0 atom stereocenters. The average Bonchev–Trinajstić information content (AvgIpc) is 2.39. The van der Waals surface area contributed by atoms with E-state index < -0.39 is 0 Å². The topological polar surface area (TPSA) is 47.6 Å². The highest BCUT2D eigenvalue weighted by Crippen LogP contribution is 2.14. The van der Waals surface area contributed by atoms with Crippen molar-refractivity contribution in [1.82, 2.24) is 0 Å². The molecule has 1 aromatic rings. The van der Waals surface area contributed by atoms with Gasteiger partial charge in [-0.3, -0.25) is 0 Å². The Kier molecular flexibility index (Phi) is 6.11. The SMILES string of the molecule is CCOC(=O)/C=C\C=C\Nc1ccc(OC)cc1. The Hall–Kier alpha value is -2.23. The summed E-state index contributed by atoms with van der Waals surface area (Å²) < 4.78 is 9.79. The third-order valence-electron chi connectivity index (χ3n) is 2.07. The number of hydrogen-bond donors (Lipinski definition) is 1. The van der Waals surface area contributed by atoms with Crippen LogP contribution in [0.3, 0.4) is 0 Å². The summed E-state index contributed by atoms with van der Waals surface area (Å²) in [5, 5.41) is 3.06. The summed E-state index contributed by atoms with van der Waals surface area (Å²) in [4.78, 5) is 11.0. The molecule has 0 aliphatic heterocycles. The van der Waals surface area contributed by atoms with Crippen LogP contribution in [0.15, 0.2) is 48.7 Å². The molecule has 1 aromatic carbocycles. The molecule has 96 valence electrons. The first-order chi connectivity index (χ1) is 8.76. The van der Waals surface area contributed by atoms with E-state index in [-0.39, 0.29) is 5.97 Å². The molecule has 0 aliphatic rings. The molecular formula is C14H17NO3. The second-order valence-electron chi connectivity index (χ2n) is 3.34. The van der Waals surface area contributed by atoms with Crippen LogP contribution < -0.4 is 10.1 Å². The smallest absolute Gasteiger partial charge is 0.330 e. The summed E-state index contributed by atoms with van der Waals surface area (Å²) >= 11 is 0. The minimum absolute atomic E-state index is 0.341. The lowest BCUT2D eigenvalue weighted by atomic mass is 10.3. The number of ether oxygens (including phenoxy) is 2. The molecule has 0 unspecified atom stereocenters. The van der Waals surface area contributed by atoms with Gasteiger partial charge in [-0.05, 0) is 37.3 Å². The van der Waals surface area contributed by atoms with Crippen molar-refractivity contribution in [2.45, 2.75) is 6.92 Å². The molecule has 0 amide bonds. The van der Waals surface area contributed by atoms with Crippen molar-refractivity contribution in [3.8, 4) is 5.75 Å². The summed E-state index contributed by atoms with van der Waals surface area (Å²) in [7, 11) is 1.63. The highest BCUT2D eigenvalue weighted by atomic mass is 16.5. The van der Waals surface area contributed by atoms with Crippen molar-refractivity contribution < 1.29 is 14.3 Å². The number of nitrogens with one attached hydrogen (secondary N) is 1. The Labute approximate surface area is 107 Å². The van der Waals surface area contributed by atoms with Gasteiger partial charge in [-0.1, -0.05) is 6.08 Å². The zero-order valence-corrected chi connectivity index (χ0v) is 10.6. The van der Waals surface area contributed by atoms with Gasteiger partial charge in [0.1, 0.15) is 5.75 Å². The zero-order valence-electron chi connectivity index (χ0n) is 10.6. The predicted octanol–water partition coefficient (Wildman–Crippen LogP) is 2.74. The van der Waals surface area contributed by atoms with E-state index in [0.29, 0.717) is 6.61 Å². The molecule has 1 rings (SSSR count). The Balaban J connectivity index is 2.37. The van der Waals surface area contributed by atoms with Gasteiger partial charge in [0.25, 0.3) is 0 Å². The number of allylic oxidation sites excluding steroid dienone is 2. The molecule has 18 heavy (non-hydrogen) atoms. The van der Waals surface area contributed by atoms with Crippen molar-refractivity contribution in [2.24, 2.45) is 0 Å². The van der Waals surface area contributed by atoms with Crippen LogP contribution in [0.4, 0.5) is 5.69 Å². The van der Waals surface area contributed by atoms with E-state index in [9.17, 15) is 4.79 Å². The average molecular weight is 247 g/mol. The maximum atomic E-state index is 11.0. The van der Waals surface area contributed by atoms with Crippen molar-refractivity contribution in [2.75, 3.05) is 19.0 Å². The van der Waals surface area contributed by atoms with Gasteiger partial charge in [0, 0.05) is 18.0 Å². The van der Waals surface area contributed by atoms with Gasteiger partial charge in [0.15, 0.2) is 0 Å². The van der Waals surface area contributed by atoms with E-state index in [1.54, 1.807) is 32.4 Å². The van der Waals surface area contributed by atoms with E-state index in [4.69, 9.17) is 9.47 Å².